The first-order valence-electron chi connectivity index (χ1n) is 5.53. The summed E-state index contributed by atoms with van der Waals surface area (Å²) in [5.74, 6) is -0.187. The monoisotopic (exact) mass is 219 g/mol. The lowest BCUT2D eigenvalue weighted by Crippen LogP contribution is -2.11. The number of hydrogen-bond donors (Lipinski definition) is 1. The van der Waals surface area contributed by atoms with Crippen LogP contribution in [0.1, 0.15) is 18.4 Å². The molecule has 0 unspecified atom stereocenters. The van der Waals surface area contributed by atoms with E-state index in [1.807, 2.05) is 23.9 Å². The molecule has 1 aromatic carbocycles. The van der Waals surface area contributed by atoms with E-state index < -0.39 is 0 Å². The highest BCUT2D eigenvalue weighted by Crippen LogP contribution is 2.50. The highest BCUT2D eigenvalue weighted by molar-refractivity contribution is 5.86. The fraction of sp³-hybridized carbons (Fsp3) is 0.385. The number of nitrogens with zero attached hydrogens (tertiary/aromatic N) is 1. The van der Waals surface area contributed by atoms with Crippen LogP contribution in [0.3, 0.4) is 0 Å². The van der Waals surface area contributed by atoms with E-state index in [1.165, 1.54) is 6.07 Å². The zero-order valence-corrected chi connectivity index (χ0v) is 9.20. The molecule has 0 radical (unpaired) electrons. The Morgan fingerprint density at radius 3 is 2.81 bits per heavy atom. The summed E-state index contributed by atoms with van der Waals surface area (Å²) in [7, 11) is 1.92. The number of benzene rings is 1. The van der Waals surface area contributed by atoms with E-state index in [0.717, 1.165) is 23.9 Å². The van der Waals surface area contributed by atoms with Gasteiger partial charge in [0, 0.05) is 24.0 Å². The number of fused-ring (bicyclic) bond motifs is 1. The zero-order chi connectivity index (χ0) is 11.3. The van der Waals surface area contributed by atoms with Crippen LogP contribution in [-0.4, -0.2) is 16.3 Å². The molecule has 1 aliphatic carbocycles. The molecule has 1 N–H and O–H groups in total. The third kappa shape index (κ3) is 1.15. The van der Waals surface area contributed by atoms with Crippen molar-refractivity contribution in [2.45, 2.75) is 18.3 Å². The summed E-state index contributed by atoms with van der Waals surface area (Å²) >= 11 is 0. The largest absolute Gasteiger partial charge is 0.395 e. The minimum absolute atomic E-state index is 0.112. The molecule has 0 saturated heterocycles. The second-order valence-corrected chi connectivity index (χ2v) is 4.73. The van der Waals surface area contributed by atoms with E-state index in [9.17, 15) is 9.50 Å². The van der Waals surface area contributed by atoms with Crippen LogP contribution < -0.4 is 0 Å². The van der Waals surface area contributed by atoms with Gasteiger partial charge in [0.2, 0.25) is 0 Å². The van der Waals surface area contributed by atoms with Crippen molar-refractivity contribution in [2.24, 2.45) is 7.05 Å². The molecule has 0 bridgehead atoms. The maximum atomic E-state index is 13.9. The van der Waals surface area contributed by atoms with E-state index in [4.69, 9.17) is 0 Å². The molecule has 1 aromatic heterocycles. The number of rotatable bonds is 2. The standard InChI is InChI=1S/C13H14FNO/c1-15-7-9(13(8-16)5-6-13)12-10(14)3-2-4-11(12)15/h2-4,7,16H,5-6,8H2,1H3. The van der Waals surface area contributed by atoms with Crippen LogP contribution in [0, 0.1) is 5.82 Å². The van der Waals surface area contributed by atoms with Gasteiger partial charge in [-0.3, -0.25) is 0 Å². The molecule has 3 rings (SSSR count). The molecular weight excluding hydrogens is 205 g/mol. The highest BCUT2D eigenvalue weighted by Gasteiger charge is 2.45. The predicted molar refractivity (Wildman–Crippen MR) is 60.9 cm³/mol. The van der Waals surface area contributed by atoms with E-state index in [2.05, 4.69) is 0 Å². The van der Waals surface area contributed by atoms with Crippen LogP contribution in [0.25, 0.3) is 10.9 Å². The number of aryl methyl sites for hydroxylation is 1. The number of halogens is 1. The van der Waals surface area contributed by atoms with Gasteiger partial charge in [0.1, 0.15) is 5.82 Å². The van der Waals surface area contributed by atoms with E-state index in [0.29, 0.717) is 5.39 Å². The summed E-state index contributed by atoms with van der Waals surface area (Å²) < 4.78 is 15.8. The first-order chi connectivity index (χ1) is 7.68. The highest BCUT2D eigenvalue weighted by atomic mass is 19.1. The van der Waals surface area contributed by atoms with Gasteiger partial charge in [-0.1, -0.05) is 6.07 Å². The lowest BCUT2D eigenvalue weighted by Gasteiger charge is -2.10. The molecular formula is C13H14FNO. The van der Waals surface area contributed by atoms with Crippen molar-refractivity contribution in [3.63, 3.8) is 0 Å². The maximum absolute atomic E-state index is 13.9. The molecule has 1 aliphatic rings. The van der Waals surface area contributed by atoms with Gasteiger partial charge in [-0.05, 0) is 30.5 Å². The van der Waals surface area contributed by atoms with Gasteiger partial charge < -0.3 is 9.67 Å². The van der Waals surface area contributed by atoms with Crippen molar-refractivity contribution in [2.75, 3.05) is 6.61 Å². The molecule has 0 aliphatic heterocycles. The van der Waals surface area contributed by atoms with Crippen molar-refractivity contribution in [3.05, 3.63) is 35.8 Å². The Balaban J connectivity index is 2.33. The Kier molecular flexibility index (Phi) is 1.89. The molecule has 1 heterocycles. The third-order valence-electron chi connectivity index (χ3n) is 3.69. The molecule has 3 heteroatoms. The molecule has 0 amide bonds. The number of hydrogen-bond acceptors (Lipinski definition) is 1. The third-order valence-corrected chi connectivity index (χ3v) is 3.69. The second kappa shape index (κ2) is 3.08. The maximum Gasteiger partial charge on any atom is 0.132 e. The van der Waals surface area contributed by atoms with Crippen LogP contribution in [0.5, 0.6) is 0 Å². The summed E-state index contributed by atoms with van der Waals surface area (Å²) in [6.07, 6.45) is 3.87. The lowest BCUT2D eigenvalue weighted by molar-refractivity contribution is 0.255. The Morgan fingerprint density at radius 2 is 2.19 bits per heavy atom. The van der Waals surface area contributed by atoms with Gasteiger partial charge in [0.25, 0.3) is 0 Å². The first kappa shape index (κ1) is 9.85. The molecule has 2 aromatic rings. The van der Waals surface area contributed by atoms with Gasteiger partial charge in [-0.25, -0.2) is 4.39 Å². The van der Waals surface area contributed by atoms with Crippen molar-refractivity contribution in [1.82, 2.24) is 4.57 Å². The molecule has 2 nitrogen and oxygen atoms in total. The second-order valence-electron chi connectivity index (χ2n) is 4.73. The van der Waals surface area contributed by atoms with E-state index in [-0.39, 0.29) is 17.8 Å². The van der Waals surface area contributed by atoms with Gasteiger partial charge >= 0.3 is 0 Å². The van der Waals surface area contributed by atoms with Crippen molar-refractivity contribution < 1.29 is 9.50 Å². The van der Waals surface area contributed by atoms with Crippen LogP contribution in [0.2, 0.25) is 0 Å². The fourth-order valence-electron chi connectivity index (χ4n) is 2.47. The number of aromatic nitrogens is 1. The number of aliphatic hydroxyl groups excluding tert-OH is 1. The smallest absolute Gasteiger partial charge is 0.132 e. The van der Waals surface area contributed by atoms with Crippen molar-refractivity contribution in [1.29, 1.82) is 0 Å². The lowest BCUT2D eigenvalue weighted by atomic mass is 9.96. The zero-order valence-electron chi connectivity index (χ0n) is 9.20. The van der Waals surface area contributed by atoms with E-state index in [1.54, 1.807) is 6.07 Å². The molecule has 1 saturated carbocycles. The van der Waals surface area contributed by atoms with Crippen LogP contribution >= 0.6 is 0 Å². The van der Waals surface area contributed by atoms with Crippen molar-refractivity contribution in [3.8, 4) is 0 Å². The SMILES string of the molecule is Cn1cc(C2(CO)CC2)c2c(F)cccc21. The molecule has 16 heavy (non-hydrogen) atoms. The first-order valence-corrected chi connectivity index (χ1v) is 5.53. The van der Waals surface area contributed by atoms with Crippen LogP contribution in [0.15, 0.2) is 24.4 Å². The van der Waals surface area contributed by atoms with E-state index >= 15 is 0 Å². The Hall–Kier alpha value is -1.35. The molecule has 0 spiro atoms. The quantitative estimate of drug-likeness (QED) is 0.824. The molecule has 84 valence electrons. The average molecular weight is 219 g/mol. The molecule has 0 atom stereocenters. The van der Waals surface area contributed by atoms with Gasteiger partial charge in [0.15, 0.2) is 0 Å². The van der Waals surface area contributed by atoms with Gasteiger partial charge in [-0.2, -0.15) is 0 Å². The van der Waals surface area contributed by atoms with Gasteiger partial charge in [0.05, 0.1) is 12.1 Å². The fourth-order valence-corrected chi connectivity index (χ4v) is 2.47. The van der Waals surface area contributed by atoms with Crippen LogP contribution in [0.4, 0.5) is 4.39 Å². The predicted octanol–water partition coefficient (Wildman–Crippen LogP) is 2.34. The summed E-state index contributed by atoms with van der Waals surface area (Å²) in [4.78, 5) is 0. The summed E-state index contributed by atoms with van der Waals surface area (Å²) in [6, 6.07) is 5.12. The summed E-state index contributed by atoms with van der Waals surface area (Å²) in [5, 5.41) is 10.1. The Labute approximate surface area is 93.3 Å². The van der Waals surface area contributed by atoms with Crippen molar-refractivity contribution >= 4 is 10.9 Å². The summed E-state index contributed by atoms with van der Waals surface area (Å²) in [5.41, 5.74) is 1.68. The Morgan fingerprint density at radius 1 is 1.44 bits per heavy atom. The summed E-state index contributed by atoms with van der Waals surface area (Å²) in [6.45, 7) is 0.112. The molecule has 1 fully saturated rings. The minimum atomic E-state index is -0.187. The minimum Gasteiger partial charge on any atom is -0.395 e. The normalized spacial score (nSPS) is 17.9. The van der Waals surface area contributed by atoms with Crippen LogP contribution in [-0.2, 0) is 12.5 Å². The topological polar surface area (TPSA) is 25.2 Å². The Bertz CT molecular complexity index is 554. The van der Waals surface area contributed by atoms with Gasteiger partial charge in [-0.15, -0.1) is 0 Å². The average Bonchev–Trinajstić information content (AvgIpc) is 3.00. The number of aliphatic hydroxyl groups is 1.